The molecule has 3 aromatic rings. The zero-order chi connectivity index (χ0) is 17.1. The third-order valence-corrected chi connectivity index (χ3v) is 3.52. The fourth-order valence-corrected chi connectivity index (χ4v) is 2.43. The van der Waals surface area contributed by atoms with Crippen LogP contribution < -0.4 is 5.43 Å². The molecule has 0 spiro atoms. The zero-order valence-corrected chi connectivity index (χ0v) is 12.9. The molecule has 0 aliphatic carbocycles. The molecule has 0 aliphatic rings. The van der Waals surface area contributed by atoms with Gasteiger partial charge in [0.25, 0.3) is 0 Å². The molecule has 0 atom stereocenters. The molecule has 0 unspecified atom stereocenters. The van der Waals surface area contributed by atoms with Crippen LogP contribution in [-0.4, -0.2) is 21.2 Å². The van der Waals surface area contributed by atoms with Crippen molar-refractivity contribution in [3.05, 3.63) is 69.4 Å². The molecular weight excluding hydrogens is 332 g/mol. The summed E-state index contributed by atoms with van der Waals surface area (Å²) in [4.78, 5) is 14.5. The van der Waals surface area contributed by atoms with Crippen LogP contribution in [0.1, 0.15) is 5.56 Å². The van der Waals surface area contributed by atoms with E-state index >= 15 is 0 Å². The van der Waals surface area contributed by atoms with Crippen LogP contribution in [0.4, 0.5) is 11.4 Å². The van der Waals surface area contributed by atoms with Crippen LogP contribution in [0.15, 0.2) is 53.8 Å². The number of nitrogens with zero attached hydrogens (tertiary/aromatic N) is 3. The van der Waals surface area contributed by atoms with Gasteiger partial charge in [0.15, 0.2) is 0 Å². The molecule has 1 aromatic heterocycles. The van der Waals surface area contributed by atoms with Gasteiger partial charge in [0, 0.05) is 28.2 Å². The summed E-state index contributed by atoms with van der Waals surface area (Å²) in [6.45, 7) is 0. The minimum absolute atomic E-state index is 0.132. The Morgan fingerprint density at radius 2 is 2.08 bits per heavy atom. The van der Waals surface area contributed by atoms with Crippen molar-refractivity contribution in [3.63, 3.8) is 0 Å². The van der Waals surface area contributed by atoms with Gasteiger partial charge in [-0.15, -0.1) is 0 Å². The summed E-state index contributed by atoms with van der Waals surface area (Å²) >= 11 is 5.83. The normalized spacial score (nSPS) is 11.0. The van der Waals surface area contributed by atoms with E-state index in [1.165, 1.54) is 12.3 Å². The standard InChI is InChI=1S/C16H11ClN4O3/c17-12-7-11(16(22)14(8-12)21(23)24)9-19-20-13-5-1-3-10-4-2-6-18-15(10)13/h1-9,20,22H/b19-9+. The first-order chi connectivity index (χ1) is 11.6. The molecule has 0 bridgehead atoms. The number of hydrazone groups is 1. The van der Waals surface area contributed by atoms with Crippen molar-refractivity contribution < 1.29 is 10.0 Å². The Labute approximate surface area is 141 Å². The molecule has 0 radical (unpaired) electrons. The lowest BCUT2D eigenvalue weighted by Crippen LogP contribution is -1.95. The van der Waals surface area contributed by atoms with Gasteiger partial charge in [-0.3, -0.25) is 20.5 Å². The SMILES string of the molecule is O=[N+]([O-])c1cc(Cl)cc(/C=N/Nc2cccc3cccnc23)c1O. The third-order valence-electron chi connectivity index (χ3n) is 3.30. The number of nitro benzene ring substituents is 1. The van der Waals surface area contributed by atoms with Gasteiger partial charge in [0.1, 0.15) is 0 Å². The fraction of sp³-hybridized carbons (Fsp3) is 0. The Balaban J connectivity index is 1.90. The first kappa shape index (κ1) is 15.7. The van der Waals surface area contributed by atoms with Gasteiger partial charge in [-0.25, -0.2) is 0 Å². The molecule has 120 valence electrons. The lowest BCUT2D eigenvalue weighted by atomic mass is 10.2. The van der Waals surface area contributed by atoms with Crippen LogP contribution >= 0.6 is 11.6 Å². The highest BCUT2D eigenvalue weighted by molar-refractivity contribution is 6.31. The van der Waals surface area contributed by atoms with Gasteiger partial charge in [0.05, 0.1) is 22.3 Å². The number of nitrogens with one attached hydrogen (secondary N) is 1. The molecule has 2 aromatic carbocycles. The second-order valence-electron chi connectivity index (χ2n) is 4.87. The fourth-order valence-electron chi connectivity index (χ4n) is 2.21. The summed E-state index contributed by atoms with van der Waals surface area (Å²) in [6.07, 6.45) is 2.93. The summed E-state index contributed by atoms with van der Waals surface area (Å²) in [5.74, 6) is -0.494. The topological polar surface area (TPSA) is 101 Å². The minimum atomic E-state index is -0.708. The number of phenols is 1. The maximum atomic E-state index is 10.9. The molecule has 1 heterocycles. The van der Waals surface area contributed by atoms with E-state index in [0.29, 0.717) is 5.69 Å². The van der Waals surface area contributed by atoms with Crippen molar-refractivity contribution in [1.29, 1.82) is 0 Å². The number of anilines is 1. The van der Waals surface area contributed by atoms with Crippen molar-refractivity contribution in [3.8, 4) is 5.75 Å². The largest absolute Gasteiger partial charge is 0.502 e. The van der Waals surface area contributed by atoms with Crippen molar-refractivity contribution in [2.75, 3.05) is 5.43 Å². The Bertz CT molecular complexity index is 954. The average molecular weight is 343 g/mol. The van der Waals surface area contributed by atoms with E-state index in [-0.39, 0.29) is 10.6 Å². The lowest BCUT2D eigenvalue weighted by Gasteiger charge is -2.05. The molecule has 0 fully saturated rings. The molecule has 3 rings (SSSR count). The predicted molar refractivity (Wildman–Crippen MR) is 92.7 cm³/mol. The van der Waals surface area contributed by atoms with Crippen LogP contribution in [0.5, 0.6) is 5.75 Å². The number of rotatable bonds is 4. The number of pyridine rings is 1. The van der Waals surface area contributed by atoms with Gasteiger partial charge in [0.2, 0.25) is 5.75 Å². The number of para-hydroxylation sites is 1. The zero-order valence-electron chi connectivity index (χ0n) is 12.2. The Morgan fingerprint density at radius 1 is 1.29 bits per heavy atom. The quantitative estimate of drug-likeness (QED) is 0.424. The van der Waals surface area contributed by atoms with Gasteiger partial charge in [-0.05, 0) is 18.2 Å². The van der Waals surface area contributed by atoms with Crippen molar-refractivity contribution in [2.24, 2.45) is 5.10 Å². The molecule has 8 heteroatoms. The second-order valence-corrected chi connectivity index (χ2v) is 5.31. The van der Waals surface area contributed by atoms with E-state index in [1.807, 2.05) is 24.3 Å². The molecule has 2 N–H and O–H groups in total. The first-order valence-electron chi connectivity index (χ1n) is 6.86. The number of aromatic hydroxyl groups is 1. The Kier molecular flexibility index (Phi) is 4.26. The number of nitro groups is 1. The number of hydrogen-bond acceptors (Lipinski definition) is 6. The molecule has 7 nitrogen and oxygen atoms in total. The monoisotopic (exact) mass is 342 g/mol. The Hall–Kier alpha value is -3.19. The highest BCUT2D eigenvalue weighted by Crippen LogP contribution is 2.32. The van der Waals surface area contributed by atoms with Crippen molar-refractivity contribution >= 4 is 40.1 Å². The maximum Gasteiger partial charge on any atom is 0.312 e. The number of aromatic nitrogens is 1. The van der Waals surface area contributed by atoms with Crippen LogP contribution in [0.25, 0.3) is 10.9 Å². The van der Waals surface area contributed by atoms with Gasteiger partial charge >= 0.3 is 5.69 Å². The summed E-state index contributed by atoms with van der Waals surface area (Å²) < 4.78 is 0. The maximum absolute atomic E-state index is 10.9. The molecule has 0 aliphatic heterocycles. The van der Waals surface area contributed by atoms with Crippen molar-refractivity contribution in [2.45, 2.75) is 0 Å². The molecule has 0 saturated heterocycles. The summed E-state index contributed by atoms with van der Waals surface area (Å²) in [7, 11) is 0. The van der Waals surface area contributed by atoms with Gasteiger partial charge < -0.3 is 5.11 Å². The number of fused-ring (bicyclic) bond motifs is 1. The molecule has 0 amide bonds. The number of halogens is 1. The Morgan fingerprint density at radius 3 is 2.88 bits per heavy atom. The smallest absolute Gasteiger partial charge is 0.312 e. The third kappa shape index (κ3) is 3.11. The highest BCUT2D eigenvalue weighted by Gasteiger charge is 2.17. The highest BCUT2D eigenvalue weighted by atomic mass is 35.5. The van der Waals surface area contributed by atoms with E-state index in [0.717, 1.165) is 17.0 Å². The van der Waals surface area contributed by atoms with Gasteiger partial charge in [-0.1, -0.05) is 29.8 Å². The van der Waals surface area contributed by atoms with Crippen LogP contribution in [0, 0.1) is 10.1 Å². The molecular formula is C16H11ClN4O3. The molecule has 0 saturated carbocycles. The van der Waals surface area contributed by atoms with Crippen LogP contribution in [0.2, 0.25) is 5.02 Å². The molecule has 24 heavy (non-hydrogen) atoms. The van der Waals surface area contributed by atoms with E-state index < -0.39 is 16.4 Å². The van der Waals surface area contributed by atoms with E-state index in [9.17, 15) is 15.2 Å². The summed E-state index contributed by atoms with van der Waals surface area (Å²) in [6, 6.07) is 11.8. The predicted octanol–water partition coefficient (Wildman–Crippen LogP) is 3.95. The lowest BCUT2D eigenvalue weighted by molar-refractivity contribution is -0.385. The number of hydrogen-bond donors (Lipinski definition) is 2. The second kappa shape index (κ2) is 6.51. The van der Waals surface area contributed by atoms with Crippen LogP contribution in [0.3, 0.4) is 0 Å². The minimum Gasteiger partial charge on any atom is -0.502 e. The van der Waals surface area contributed by atoms with E-state index in [2.05, 4.69) is 15.5 Å². The van der Waals surface area contributed by atoms with Crippen LogP contribution in [-0.2, 0) is 0 Å². The number of phenolic OH excluding ortho intramolecular Hbond substituents is 1. The van der Waals surface area contributed by atoms with Gasteiger partial charge in [-0.2, -0.15) is 5.10 Å². The first-order valence-corrected chi connectivity index (χ1v) is 7.24. The summed E-state index contributed by atoms with van der Waals surface area (Å²) in [5, 5.41) is 25.9. The van der Waals surface area contributed by atoms with Crippen molar-refractivity contribution in [1.82, 2.24) is 4.98 Å². The van der Waals surface area contributed by atoms with E-state index in [4.69, 9.17) is 11.6 Å². The average Bonchev–Trinajstić information content (AvgIpc) is 2.57. The number of benzene rings is 2. The van der Waals surface area contributed by atoms with E-state index in [1.54, 1.807) is 12.3 Å². The summed E-state index contributed by atoms with van der Waals surface area (Å²) in [5.41, 5.74) is 3.87.